The van der Waals surface area contributed by atoms with Crippen molar-refractivity contribution in [3.05, 3.63) is 22.5 Å². The highest BCUT2D eigenvalue weighted by atomic mass is 32.1. The van der Waals surface area contributed by atoms with Gasteiger partial charge in [-0.15, -0.1) is 32.9 Å². The molecule has 0 aliphatic carbocycles. The molecule has 0 bridgehead atoms. The first kappa shape index (κ1) is 10.3. The predicted molar refractivity (Wildman–Crippen MR) is 71.2 cm³/mol. The maximum Gasteiger partial charge on any atom is 0.157 e. The molecule has 2 N–H and O–H groups in total. The molecule has 6 heteroatoms. The minimum atomic E-state index is -0.0349. The van der Waals surface area contributed by atoms with Crippen LogP contribution in [0.1, 0.15) is 18.0 Å². The number of nitrogens with two attached hydrogens (primary N) is 1. The third-order valence-electron chi connectivity index (χ3n) is 2.18. The molecule has 0 aliphatic heterocycles. The summed E-state index contributed by atoms with van der Waals surface area (Å²) in [7, 11) is 0. The van der Waals surface area contributed by atoms with Gasteiger partial charge in [0.15, 0.2) is 5.01 Å². The fourth-order valence-electron chi connectivity index (χ4n) is 1.39. The van der Waals surface area contributed by atoms with Crippen LogP contribution in [-0.4, -0.2) is 10.2 Å². The largest absolute Gasteiger partial charge is 0.322 e. The molecule has 0 spiro atoms. The van der Waals surface area contributed by atoms with Crippen LogP contribution in [0.25, 0.3) is 19.3 Å². The molecule has 0 fully saturated rings. The molecular weight excluding hydrogens is 258 g/mol. The lowest BCUT2D eigenvalue weighted by molar-refractivity contribution is 0.786. The number of rotatable bonds is 2. The van der Waals surface area contributed by atoms with Gasteiger partial charge in [0.05, 0.1) is 10.9 Å². The minimum absolute atomic E-state index is 0.0349. The van der Waals surface area contributed by atoms with E-state index in [1.165, 1.54) is 14.3 Å². The van der Waals surface area contributed by atoms with Gasteiger partial charge in [-0.3, -0.25) is 0 Å². The second-order valence-electron chi connectivity index (χ2n) is 3.49. The fourth-order valence-corrected chi connectivity index (χ4v) is 4.33. The van der Waals surface area contributed by atoms with Gasteiger partial charge in [-0.05, 0) is 24.4 Å². The van der Waals surface area contributed by atoms with E-state index < -0.39 is 0 Å². The van der Waals surface area contributed by atoms with Crippen molar-refractivity contribution < 1.29 is 0 Å². The van der Waals surface area contributed by atoms with Gasteiger partial charge < -0.3 is 5.73 Å². The Morgan fingerprint density at radius 3 is 2.81 bits per heavy atom. The number of hydrogen-bond donors (Lipinski definition) is 1. The summed E-state index contributed by atoms with van der Waals surface area (Å²) in [5.74, 6) is 0. The van der Waals surface area contributed by atoms with Crippen LogP contribution in [-0.2, 0) is 0 Å². The van der Waals surface area contributed by atoms with E-state index in [4.69, 9.17) is 5.73 Å². The van der Waals surface area contributed by atoms with Gasteiger partial charge in [-0.2, -0.15) is 0 Å². The van der Waals surface area contributed by atoms with Crippen LogP contribution < -0.4 is 5.73 Å². The van der Waals surface area contributed by atoms with Crippen LogP contribution in [0.2, 0.25) is 0 Å². The van der Waals surface area contributed by atoms with Crippen molar-refractivity contribution in [3.63, 3.8) is 0 Å². The molecule has 3 rings (SSSR count). The van der Waals surface area contributed by atoms with Crippen LogP contribution >= 0.6 is 34.0 Å². The smallest absolute Gasteiger partial charge is 0.157 e. The van der Waals surface area contributed by atoms with Crippen molar-refractivity contribution in [1.29, 1.82) is 0 Å². The Bertz CT molecular complexity index is 591. The molecule has 82 valence electrons. The van der Waals surface area contributed by atoms with Crippen LogP contribution in [0.4, 0.5) is 0 Å². The van der Waals surface area contributed by atoms with Gasteiger partial charge in [-0.1, -0.05) is 11.3 Å². The van der Waals surface area contributed by atoms with Crippen LogP contribution in [0.3, 0.4) is 0 Å². The summed E-state index contributed by atoms with van der Waals surface area (Å²) in [5, 5.41) is 12.3. The number of fused-ring (bicyclic) bond motifs is 1. The summed E-state index contributed by atoms with van der Waals surface area (Å²) in [6, 6.07) is 4.28. The van der Waals surface area contributed by atoms with Crippen molar-refractivity contribution in [3.8, 4) is 9.88 Å². The fraction of sp³-hybridized carbons (Fsp3) is 0.200. The normalized spacial score (nSPS) is 13.4. The van der Waals surface area contributed by atoms with Crippen molar-refractivity contribution in [2.75, 3.05) is 0 Å². The number of thiophene rings is 2. The summed E-state index contributed by atoms with van der Waals surface area (Å²) in [6.07, 6.45) is 0. The van der Waals surface area contributed by atoms with E-state index in [9.17, 15) is 0 Å². The first-order valence-corrected chi connectivity index (χ1v) is 7.31. The molecule has 3 heterocycles. The molecule has 3 nitrogen and oxygen atoms in total. The highest BCUT2D eigenvalue weighted by molar-refractivity contribution is 7.30. The van der Waals surface area contributed by atoms with Gasteiger partial charge >= 0.3 is 0 Å². The first-order chi connectivity index (χ1) is 7.74. The van der Waals surface area contributed by atoms with E-state index in [1.807, 2.05) is 6.92 Å². The average Bonchev–Trinajstić information content (AvgIpc) is 2.91. The molecule has 1 atom stereocenters. The molecule has 0 saturated carbocycles. The Morgan fingerprint density at radius 1 is 1.25 bits per heavy atom. The van der Waals surface area contributed by atoms with Crippen LogP contribution in [0, 0.1) is 0 Å². The van der Waals surface area contributed by atoms with E-state index in [-0.39, 0.29) is 6.04 Å². The molecule has 0 radical (unpaired) electrons. The summed E-state index contributed by atoms with van der Waals surface area (Å²) >= 11 is 5.10. The third-order valence-corrected chi connectivity index (χ3v) is 5.57. The zero-order chi connectivity index (χ0) is 11.1. The number of aromatic nitrogens is 2. The summed E-state index contributed by atoms with van der Waals surface area (Å²) in [5.41, 5.74) is 5.77. The molecule has 0 saturated heterocycles. The Labute approximate surface area is 105 Å². The standard InChI is InChI=1S/C10H9N3S3/c1-5(11)9-12-13-10(16-9)8-4-7-6(15-8)2-3-14-7/h2-5H,11H2,1H3. The lowest BCUT2D eigenvalue weighted by atomic mass is 10.4. The second-order valence-corrected chi connectivity index (χ2v) is 6.53. The maximum absolute atomic E-state index is 5.77. The zero-order valence-electron chi connectivity index (χ0n) is 8.51. The van der Waals surface area contributed by atoms with Crippen LogP contribution in [0.5, 0.6) is 0 Å². The Kier molecular flexibility index (Phi) is 2.51. The van der Waals surface area contributed by atoms with Crippen molar-refractivity contribution in [2.45, 2.75) is 13.0 Å². The number of nitrogens with zero attached hydrogens (tertiary/aromatic N) is 2. The summed E-state index contributed by atoms with van der Waals surface area (Å²) < 4.78 is 2.63. The van der Waals surface area contributed by atoms with E-state index in [2.05, 4.69) is 27.7 Å². The third kappa shape index (κ3) is 1.67. The molecular formula is C10H9N3S3. The molecule has 0 amide bonds. The molecule has 0 aliphatic rings. The summed E-state index contributed by atoms with van der Waals surface area (Å²) in [4.78, 5) is 1.19. The molecule has 16 heavy (non-hydrogen) atoms. The summed E-state index contributed by atoms with van der Waals surface area (Å²) in [6.45, 7) is 1.93. The van der Waals surface area contributed by atoms with E-state index in [1.54, 1.807) is 34.0 Å². The van der Waals surface area contributed by atoms with E-state index in [0.29, 0.717) is 0 Å². The highest BCUT2D eigenvalue weighted by Crippen LogP contribution is 2.37. The Morgan fingerprint density at radius 2 is 2.12 bits per heavy atom. The molecule has 0 aromatic carbocycles. The second kappa shape index (κ2) is 3.89. The van der Waals surface area contributed by atoms with Gasteiger partial charge in [0, 0.05) is 9.40 Å². The monoisotopic (exact) mass is 267 g/mol. The van der Waals surface area contributed by atoms with Crippen LogP contribution in [0.15, 0.2) is 17.5 Å². The zero-order valence-corrected chi connectivity index (χ0v) is 11.0. The minimum Gasteiger partial charge on any atom is -0.322 e. The average molecular weight is 267 g/mol. The topological polar surface area (TPSA) is 51.8 Å². The quantitative estimate of drug-likeness (QED) is 0.773. The Balaban J connectivity index is 2.05. The number of hydrogen-bond acceptors (Lipinski definition) is 6. The van der Waals surface area contributed by atoms with Gasteiger partial charge in [0.1, 0.15) is 5.01 Å². The molecule has 1 unspecified atom stereocenters. The SMILES string of the molecule is CC(N)c1nnc(-c2cc3sccc3s2)s1. The van der Waals surface area contributed by atoms with Gasteiger partial charge in [0.25, 0.3) is 0 Å². The highest BCUT2D eigenvalue weighted by Gasteiger charge is 2.12. The van der Waals surface area contributed by atoms with Crippen molar-refractivity contribution in [1.82, 2.24) is 10.2 Å². The van der Waals surface area contributed by atoms with Crippen molar-refractivity contribution >= 4 is 43.4 Å². The van der Waals surface area contributed by atoms with E-state index in [0.717, 1.165) is 10.0 Å². The van der Waals surface area contributed by atoms with E-state index >= 15 is 0 Å². The van der Waals surface area contributed by atoms with Gasteiger partial charge in [-0.25, -0.2) is 0 Å². The lowest BCUT2D eigenvalue weighted by Crippen LogP contribution is -2.03. The molecule has 3 aromatic heterocycles. The Hall–Kier alpha value is -0.820. The first-order valence-electron chi connectivity index (χ1n) is 4.80. The maximum atomic E-state index is 5.77. The van der Waals surface area contributed by atoms with Crippen molar-refractivity contribution in [2.24, 2.45) is 5.73 Å². The van der Waals surface area contributed by atoms with Gasteiger partial charge in [0.2, 0.25) is 0 Å². The lowest BCUT2D eigenvalue weighted by Gasteiger charge is -1.94. The predicted octanol–water partition coefficient (Wildman–Crippen LogP) is 3.50. The molecule has 3 aromatic rings.